The number of Topliss-reactive ketones (excluding diaryl/α,β-unsaturated/α-hetero) is 1. The Kier molecular flexibility index (Phi) is 7.50. The van der Waals surface area contributed by atoms with Crippen molar-refractivity contribution < 1.29 is 14.4 Å². The lowest BCUT2D eigenvalue weighted by Crippen LogP contribution is -2.32. The topological polar surface area (TPSA) is 66.5 Å². The molecule has 0 aliphatic rings. The summed E-state index contributed by atoms with van der Waals surface area (Å²) in [6.45, 7) is 7.31. The van der Waals surface area contributed by atoms with Crippen molar-refractivity contribution in [2.24, 2.45) is 0 Å². The highest BCUT2D eigenvalue weighted by atomic mass is 16.2. The zero-order valence-corrected chi connectivity index (χ0v) is 17.0. The van der Waals surface area contributed by atoms with Crippen LogP contribution in [0.25, 0.3) is 0 Å². The maximum absolute atomic E-state index is 12.6. The summed E-state index contributed by atoms with van der Waals surface area (Å²) in [5.74, 6) is -0.368. The van der Waals surface area contributed by atoms with Crippen LogP contribution in [-0.4, -0.2) is 24.1 Å². The van der Waals surface area contributed by atoms with Crippen LogP contribution in [0, 0.1) is 0 Å². The molecule has 0 radical (unpaired) electrons. The minimum atomic E-state index is -0.170. The molecule has 28 heavy (non-hydrogen) atoms. The number of amides is 2. The van der Waals surface area contributed by atoms with Crippen molar-refractivity contribution in [1.82, 2.24) is 0 Å². The molecule has 2 aromatic carbocycles. The van der Waals surface area contributed by atoms with Gasteiger partial charge in [-0.1, -0.05) is 44.2 Å². The molecule has 0 spiro atoms. The summed E-state index contributed by atoms with van der Waals surface area (Å²) in [6, 6.07) is 13.0. The second-order valence-corrected chi connectivity index (χ2v) is 6.73. The Hall–Kier alpha value is -2.95. The maximum Gasteiger partial charge on any atom is 0.226 e. The molecular weight excluding hydrogens is 352 g/mol. The van der Waals surface area contributed by atoms with Crippen LogP contribution in [0.3, 0.4) is 0 Å². The van der Waals surface area contributed by atoms with Crippen LogP contribution in [0.4, 0.5) is 11.4 Å². The quantitative estimate of drug-likeness (QED) is 0.691. The zero-order chi connectivity index (χ0) is 20.7. The lowest BCUT2D eigenvalue weighted by molar-refractivity contribution is -0.117. The van der Waals surface area contributed by atoms with Crippen LogP contribution in [0.1, 0.15) is 55.6 Å². The third-order valence-corrected chi connectivity index (χ3v) is 4.77. The fourth-order valence-electron chi connectivity index (χ4n) is 3.18. The van der Waals surface area contributed by atoms with Crippen molar-refractivity contribution in [1.29, 1.82) is 0 Å². The average Bonchev–Trinajstić information content (AvgIpc) is 2.68. The molecule has 2 aromatic rings. The first-order valence-electron chi connectivity index (χ1n) is 9.67. The van der Waals surface area contributed by atoms with E-state index < -0.39 is 0 Å². The number of rotatable bonds is 8. The summed E-state index contributed by atoms with van der Waals surface area (Å²) in [7, 11) is 0. The summed E-state index contributed by atoms with van der Waals surface area (Å²) >= 11 is 0. The van der Waals surface area contributed by atoms with Gasteiger partial charge in [0, 0.05) is 36.8 Å². The molecule has 0 fully saturated rings. The van der Waals surface area contributed by atoms with Crippen LogP contribution in [0.2, 0.25) is 0 Å². The Bertz CT molecular complexity index is 852. The number of benzene rings is 2. The second-order valence-electron chi connectivity index (χ2n) is 6.73. The van der Waals surface area contributed by atoms with Gasteiger partial charge in [0.05, 0.1) is 0 Å². The van der Waals surface area contributed by atoms with Gasteiger partial charge >= 0.3 is 0 Å². The van der Waals surface area contributed by atoms with Gasteiger partial charge in [0.25, 0.3) is 0 Å². The normalized spacial score (nSPS) is 10.4. The molecule has 5 heteroatoms. The number of hydrogen-bond acceptors (Lipinski definition) is 3. The molecule has 0 saturated heterocycles. The number of nitrogens with one attached hydrogen (secondary N) is 1. The van der Waals surface area contributed by atoms with E-state index in [9.17, 15) is 14.4 Å². The van der Waals surface area contributed by atoms with E-state index in [1.807, 2.05) is 18.2 Å². The highest BCUT2D eigenvalue weighted by molar-refractivity contribution is 5.98. The van der Waals surface area contributed by atoms with Crippen LogP contribution in [0.5, 0.6) is 0 Å². The van der Waals surface area contributed by atoms with E-state index in [1.54, 1.807) is 24.3 Å². The van der Waals surface area contributed by atoms with Crippen molar-refractivity contribution in [2.45, 2.75) is 47.0 Å². The molecule has 0 aliphatic carbocycles. The van der Waals surface area contributed by atoms with E-state index >= 15 is 0 Å². The van der Waals surface area contributed by atoms with Crippen LogP contribution >= 0.6 is 0 Å². The van der Waals surface area contributed by atoms with Crippen molar-refractivity contribution in [3.05, 3.63) is 59.2 Å². The summed E-state index contributed by atoms with van der Waals surface area (Å²) in [5, 5.41) is 3.03. The lowest BCUT2D eigenvalue weighted by Gasteiger charge is -2.22. The van der Waals surface area contributed by atoms with Crippen LogP contribution < -0.4 is 10.2 Å². The van der Waals surface area contributed by atoms with Gasteiger partial charge in [0.2, 0.25) is 11.8 Å². The third-order valence-electron chi connectivity index (χ3n) is 4.77. The molecule has 0 aromatic heterocycles. The number of carbonyl (C=O) groups excluding carboxylic acids is 3. The molecule has 0 heterocycles. The molecule has 148 valence electrons. The van der Waals surface area contributed by atoms with Gasteiger partial charge < -0.3 is 10.2 Å². The fourth-order valence-corrected chi connectivity index (χ4v) is 3.18. The summed E-state index contributed by atoms with van der Waals surface area (Å²) in [4.78, 5) is 37.8. The molecule has 5 nitrogen and oxygen atoms in total. The maximum atomic E-state index is 12.6. The minimum absolute atomic E-state index is 0.0636. The molecule has 0 aliphatic heterocycles. The van der Waals surface area contributed by atoms with Gasteiger partial charge in [-0.3, -0.25) is 14.4 Å². The number of para-hydroxylation sites is 1. The molecule has 0 unspecified atom stereocenters. The van der Waals surface area contributed by atoms with E-state index in [0.717, 1.165) is 29.7 Å². The molecule has 2 amide bonds. The Morgan fingerprint density at radius 1 is 0.929 bits per heavy atom. The van der Waals surface area contributed by atoms with Gasteiger partial charge in [0.1, 0.15) is 0 Å². The molecular formula is C23H28N2O3. The predicted octanol–water partition coefficient (Wildman–Crippen LogP) is 4.40. The van der Waals surface area contributed by atoms with Crippen molar-refractivity contribution in [3.63, 3.8) is 0 Å². The zero-order valence-electron chi connectivity index (χ0n) is 17.0. The number of hydrogen-bond donors (Lipinski definition) is 1. The molecule has 1 N–H and O–H groups in total. The highest BCUT2D eigenvalue weighted by Gasteiger charge is 2.16. The van der Waals surface area contributed by atoms with Gasteiger partial charge in [-0.25, -0.2) is 0 Å². The number of ketones is 1. The van der Waals surface area contributed by atoms with Crippen LogP contribution in [0.15, 0.2) is 42.5 Å². The van der Waals surface area contributed by atoms with Crippen molar-refractivity contribution in [3.8, 4) is 0 Å². The van der Waals surface area contributed by atoms with Gasteiger partial charge in [-0.05, 0) is 43.0 Å². The Morgan fingerprint density at radius 3 is 2.07 bits per heavy atom. The summed E-state index contributed by atoms with van der Waals surface area (Å²) in [6.07, 6.45) is 1.84. The summed E-state index contributed by atoms with van der Waals surface area (Å²) < 4.78 is 0. The predicted molar refractivity (Wildman–Crippen MR) is 113 cm³/mol. The first kappa shape index (κ1) is 21.4. The Labute approximate surface area is 166 Å². The molecule has 0 saturated carbocycles. The Balaban J connectivity index is 2.13. The lowest BCUT2D eigenvalue weighted by atomic mass is 10.0. The van der Waals surface area contributed by atoms with Gasteiger partial charge in [0.15, 0.2) is 5.78 Å². The van der Waals surface area contributed by atoms with Crippen molar-refractivity contribution in [2.75, 3.05) is 16.8 Å². The van der Waals surface area contributed by atoms with Gasteiger partial charge in [-0.15, -0.1) is 0 Å². The summed E-state index contributed by atoms with van der Waals surface area (Å²) in [5.41, 5.74) is 4.25. The molecule has 0 bridgehead atoms. The highest BCUT2D eigenvalue weighted by Crippen LogP contribution is 2.23. The standard InChI is InChI=1S/C23H28N2O3/c1-5-18-9-7-10-19(6-2)23(18)24-22(28)13-14-25(17(4)27)21-12-8-11-20(15-21)16(3)26/h7-12,15H,5-6,13-14H2,1-4H3,(H,24,28). The number of nitrogens with zero attached hydrogens (tertiary/aromatic N) is 1. The monoisotopic (exact) mass is 380 g/mol. The van der Waals surface area contributed by atoms with E-state index in [0.29, 0.717) is 11.3 Å². The molecule has 2 rings (SSSR count). The smallest absolute Gasteiger partial charge is 0.226 e. The second kappa shape index (κ2) is 9.83. The molecule has 0 atom stereocenters. The Morgan fingerprint density at radius 2 is 1.54 bits per heavy atom. The van der Waals surface area contributed by atoms with E-state index in [-0.39, 0.29) is 30.6 Å². The number of aryl methyl sites for hydroxylation is 2. The van der Waals surface area contributed by atoms with E-state index in [1.165, 1.54) is 18.7 Å². The fraction of sp³-hybridized carbons (Fsp3) is 0.348. The van der Waals surface area contributed by atoms with E-state index in [4.69, 9.17) is 0 Å². The van der Waals surface area contributed by atoms with Crippen molar-refractivity contribution >= 4 is 29.0 Å². The SMILES string of the molecule is CCc1cccc(CC)c1NC(=O)CCN(C(C)=O)c1cccc(C(C)=O)c1. The minimum Gasteiger partial charge on any atom is -0.326 e. The largest absolute Gasteiger partial charge is 0.326 e. The van der Waals surface area contributed by atoms with Gasteiger partial charge in [-0.2, -0.15) is 0 Å². The third kappa shape index (κ3) is 5.28. The number of anilines is 2. The number of carbonyl (C=O) groups is 3. The van der Waals surface area contributed by atoms with Crippen LogP contribution in [-0.2, 0) is 22.4 Å². The first-order valence-corrected chi connectivity index (χ1v) is 9.67. The van der Waals surface area contributed by atoms with E-state index in [2.05, 4.69) is 19.2 Å². The average molecular weight is 380 g/mol. The first-order chi connectivity index (χ1) is 13.4.